The third-order valence-corrected chi connectivity index (χ3v) is 3.49. The number of nitrogens with one attached hydrogen (secondary N) is 1. The van der Waals surface area contributed by atoms with Gasteiger partial charge < -0.3 is 5.32 Å². The van der Waals surface area contributed by atoms with Gasteiger partial charge in [-0.15, -0.1) is 0 Å². The van der Waals surface area contributed by atoms with Gasteiger partial charge in [0, 0.05) is 31.2 Å². The molecule has 1 aromatic carbocycles. The smallest absolute Gasteiger partial charge is 0.222 e. The molecule has 0 unspecified atom stereocenters. The number of nitrogens with zero attached hydrogens (tertiary/aromatic N) is 3. The van der Waals surface area contributed by atoms with Crippen molar-refractivity contribution in [3.05, 3.63) is 41.4 Å². The van der Waals surface area contributed by atoms with Crippen molar-refractivity contribution >= 4 is 33.7 Å². The predicted molar refractivity (Wildman–Crippen MR) is 84.0 cm³/mol. The number of allylic oxidation sites excluding steroid dienone is 1. The SMILES string of the molecule is C=C(C)SC(=NC)c1ccc2cnc(NC)nc2c1. The van der Waals surface area contributed by atoms with Gasteiger partial charge >= 0.3 is 0 Å². The fourth-order valence-electron chi connectivity index (χ4n) is 1.68. The number of fused-ring (bicyclic) bond motifs is 1. The molecular formula is C14H16N4S. The van der Waals surface area contributed by atoms with Crippen molar-refractivity contribution in [1.82, 2.24) is 9.97 Å². The molecule has 2 aromatic rings. The molecule has 0 saturated heterocycles. The summed E-state index contributed by atoms with van der Waals surface area (Å²) in [6.07, 6.45) is 1.81. The molecule has 0 amide bonds. The maximum Gasteiger partial charge on any atom is 0.222 e. The van der Waals surface area contributed by atoms with E-state index in [1.54, 1.807) is 25.9 Å². The van der Waals surface area contributed by atoms with E-state index in [0.29, 0.717) is 5.95 Å². The topological polar surface area (TPSA) is 50.2 Å². The number of benzene rings is 1. The lowest BCUT2D eigenvalue weighted by Gasteiger charge is -2.07. The largest absolute Gasteiger partial charge is 0.357 e. The Labute approximate surface area is 117 Å². The van der Waals surface area contributed by atoms with E-state index < -0.39 is 0 Å². The van der Waals surface area contributed by atoms with Gasteiger partial charge in [0.15, 0.2) is 0 Å². The Hall–Kier alpha value is -1.88. The third kappa shape index (κ3) is 3.12. The Morgan fingerprint density at radius 2 is 2.21 bits per heavy atom. The molecule has 0 spiro atoms. The summed E-state index contributed by atoms with van der Waals surface area (Å²) < 4.78 is 0. The highest BCUT2D eigenvalue weighted by Gasteiger charge is 2.06. The van der Waals surface area contributed by atoms with E-state index in [1.165, 1.54) is 0 Å². The zero-order valence-electron chi connectivity index (χ0n) is 11.3. The highest BCUT2D eigenvalue weighted by atomic mass is 32.2. The van der Waals surface area contributed by atoms with Crippen LogP contribution in [0.1, 0.15) is 12.5 Å². The molecule has 1 N–H and O–H groups in total. The lowest BCUT2D eigenvalue weighted by molar-refractivity contribution is 1.19. The summed E-state index contributed by atoms with van der Waals surface area (Å²) >= 11 is 1.57. The molecular weight excluding hydrogens is 256 g/mol. The predicted octanol–water partition coefficient (Wildman–Crippen LogP) is 3.31. The molecule has 0 aliphatic rings. The Morgan fingerprint density at radius 1 is 1.42 bits per heavy atom. The first kappa shape index (κ1) is 13.5. The van der Waals surface area contributed by atoms with Crippen molar-refractivity contribution in [2.24, 2.45) is 4.99 Å². The number of thioether (sulfide) groups is 1. The van der Waals surface area contributed by atoms with Crippen molar-refractivity contribution in [1.29, 1.82) is 0 Å². The first-order chi connectivity index (χ1) is 9.13. The number of aliphatic imine (C=N–C) groups is 1. The van der Waals surface area contributed by atoms with Crippen molar-refractivity contribution in [2.45, 2.75) is 6.92 Å². The summed E-state index contributed by atoms with van der Waals surface area (Å²) in [5, 5.41) is 4.90. The van der Waals surface area contributed by atoms with E-state index in [4.69, 9.17) is 0 Å². The van der Waals surface area contributed by atoms with E-state index in [1.807, 2.05) is 31.3 Å². The van der Waals surface area contributed by atoms with Gasteiger partial charge in [0.2, 0.25) is 5.95 Å². The molecule has 2 rings (SSSR count). The van der Waals surface area contributed by atoms with Crippen LogP contribution in [-0.4, -0.2) is 29.1 Å². The summed E-state index contributed by atoms with van der Waals surface area (Å²) in [6, 6.07) is 6.06. The second-order valence-corrected chi connectivity index (χ2v) is 5.34. The number of rotatable bonds is 3. The van der Waals surface area contributed by atoms with Crippen LogP contribution in [0.2, 0.25) is 0 Å². The average Bonchev–Trinajstić information content (AvgIpc) is 2.43. The number of anilines is 1. The number of aromatic nitrogens is 2. The fraction of sp³-hybridized carbons (Fsp3) is 0.214. The molecule has 5 heteroatoms. The van der Waals surface area contributed by atoms with Crippen molar-refractivity contribution < 1.29 is 0 Å². The van der Waals surface area contributed by atoms with Gasteiger partial charge in [0.05, 0.1) is 5.52 Å². The Balaban J connectivity index is 2.47. The molecule has 1 heterocycles. The Bertz CT molecular complexity index is 649. The number of hydrogen-bond donors (Lipinski definition) is 1. The standard InChI is InChI=1S/C14H16N4S/c1-9(2)19-13(15-3)10-5-6-11-8-17-14(16-4)18-12(11)7-10/h5-8H,1H2,2-4H3,(H,16,17,18). The van der Waals surface area contributed by atoms with Gasteiger partial charge in [0.25, 0.3) is 0 Å². The first-order valence-corrected chi connectivity index (χ1v) is 6.70. The van der Waals surface area contributed by atoms with Gasteiger partial charge in [-0.2, -0.15) is 0 Å². The van der Waals surface area contributed by atoms with E-state index >= 15 is 0 Å². The average molecular weight is 272 g/mol. The normalized spacial score (nSPS) is 11.6. The maximum absolute atomic E-state index is 4.44. The van der Waals surface area contributed by atoms with E-state index in [-0.39, 0.29) is 0 Å². The van der Waals surface area contributed by atoms with E-state index in [0.717, 1.165) is 26.4 Å². The minimum Gasteiger partial charge on any atom is -0.357 e. The highest BCUT2D eigenvalue weighted by molar-refractivity contribution is 8.17. The molecule has 1 aromatic heterocycles. The van der Waals surface area contributed by atoms with E-state index in [9.17, 15) is 0 Å². The van der Waals surface area contributed by atoms with Crippen LogP contribution in [0.3, 0.4) is 0 Å². The summed E-state index contributed by atoms with van der Waals surface area (Å²) in [5.74, 6) is 0.618. The van der Waals surface area contributed by atoms with Crippen LogP contribution in [0.5, 0.6) is 0 Å². The zero-order chi connectivity index (χ0) is 13.8. The molecule has 0 bridgehead atoms. The fourth-order valence-corrected chi connectivity index (χ4v) is 2.34. The second kappa shape index (κ2) is 5.84. The van der Waals surface area contributed by atoms with Crippen LogP contribution in [0.4, 0.5) is 5.95 Å². The van der Waals surface area contributed by atoms with E-state index in [2.05, 4.69) is 26.9 Å². The van der Waals surface area contributed by atoms with Crippen LogP contribution in [0.25, 0.3) is 10.9 Å². The van der Waals surface area contributed by atoms with Crippen LogP contribution in [-0.2, 0) is 0 Å². The second-order valence-electron chi connectivity index (χ2n) is 4.05. The van der Waals surface area contributed by atoms with Gasteiger partial charge in [-0.25, -0.2) is 9.97 Å². The van der Waals surface area contributed by atoms with Crippen molar-refractivity contribution in [3.8, 4) is 0 Å². The van der Waals surface area contributed by atoms with Gasteiger partial charge in [-0.05, 0) is 17.9 Å². The van der Waals surface area contributed by atoms with Crippen molar-refractivity contribution in [3.63, 3.8) is 0 Å². The van der Waals surface area contributed by atoms with Crippen LogP contribution >= 0.6 is 11.8 Å². The first-order valence-electron chi connectivity index (χ1n) is 5.89. The quantitative estimate of drug-likeness (QED) is 0.688. The molecule has 19 heavy (non-hydrogen) atoms. The van der Waals surface area contributed by atoms with Gasteiger partial charge in [-0.3, -0.25) is 4.99 Å². The maximum atomic E-state index is 4.44. The summed E-state index contributed by atoms with van der Waals surface area (Å²) in [5.41, 5.74) is 1.95. The Morgan fingerprint density at radius 3 is 2.84 bits per heavy atom. The van der Waals surface area contributed by atoms with Crippen molar-refractivity contribution in [2.75, 3.05) is 19.4 Å². The monoisotopic (exact) mass is 272 g/mol. The van der Waals surface area contributed by atoms with Gasteiger partial charge in [-0.1, -0.05) is 30.5 Å². The van der Waals surface area contributed by atoms with Crippen LogP contribution < -0.4 is 5.32 Å². The molecule has 4 nitrogen and oxygen atoms in total. The third-order valence-electron chi connectivity index (χ3n) is 2.53. The minimum atomic E-state index is 0.618. The summed E-state index contributed by atoms with van der Waals surface area (Å²) in [4.78, 5) is 14.0. The number of hydrogen-bond acceptors (Lipinski definition) is 5. The Kier molecular flexibility index (Phi) is 4.16. The van der Waals surface area contributed by atoms with Gasteiger partial charge in [0.1, 0.15) is 5.04 Å². The highest BCUT2D eigenvalue weighted by Crippen LogP contribution is 2.23. The minimum absolute atomic E-state index is 0.618. The molecule has 98 valence electrons. The molecule has 0 aliphatic heterocycles. The molecule has 0 radical (unpaired) electrons. The lowest BCUT2D eigenvalue weighted by Crippen LogP contribution is -1.98. The lowest BCUT2D eigenvalue weighted by atomic mass is 10.2. The zero-order valence-corrected chi connectivity index (χ0v) is 12.1. The molecule has 0 fully saturated rings. The summed E-state index contributed by atoms with van der Waals surface area (Å²) in [7, 11) is 3.59. The molecule has 0 aliphatic carbocycles. The summed E-state index contributed by atoms with van der Waals surface area (Å²) in [6.45, 7) is 5.88. The van der Waals surface area contributed by atoms with Crippen LogP contribution in [0.15, 0.2) is 40.9 Å². The molecule has 0 atom stereocenters. The molecule has 0 saturated carbocycles. The van der Waals surface area contributed by atoms with Crippen LogP contribution in [0, 0.1) is 0 Å².